The highest BCUT2D eigenvalue weighted by Crippen LogP contribution is 2.30. The van der Waals surface area contributed by atoms with Gasteiger partial charge >= 0.3 is 6.03 Å². The zero-order chi connectivity index (χ0) is 13.3. The fourth-order valence-corrected chi connectivity index (χ4v) is 2.40. The third-order valence-electron chi connectivity index (χ3n) is 3.25. The summed E-state index contributed by atoms with van der Waals surface area (Å²) in [5.41, 5.74) is 0.453. The molecule has 0 radical (unpaired) electrons. The van der Waals surface area contributed by atoms with E-state index in [0.717, 1.165) is 0 Å². The molecule has 2 amide bonds. The highest BCUT2D eigenvalue weighted by Gasteiger charge is 2.43. The molecule has 1 fully saturated rings. The molecule has 1 saturated heterocycles. The van der Waals surface area contributed by atoms with Gasteiger partial charge in [-0.2, -0.15) is 0 Å². The van der Waals surface area contributed by atoms with Gasteiger partial charge in [-0.15, -0.1) is 6.42 Å². The number of likely N-dealkylation sites (N-methyl/N-ethyl adjacent to an activating group) is 1. The predicted molar refractivity (Wildman–Crippen MR) is 71.4 cm³/mol. The number of terminal acetylenes is 1. The maximum Gasteiger partial charge on any atom is 0.326 e. The van der Waals surface area contributed by atoms with Crippen LogP contribution in [0.5, 0.6) is 0 Å². The maximum absolute atomic E-state index is 12.4. The van der Waals surface area contributed by atoms with Crippen molar-refractivity contribution >= 4 is 11.8 Å². The quantitative estimate of drug-likeness (QED) is 0.746. The van der Waals surface area contributed by atoms with Crippen LogP contribution in [0.25, 0.3) is 0 Å². The minimum atomic E-state index is -0.199. The molecule has 0 spiro atoms. The molecule has 1 aromatic rings. The van der Waals surface area contributed by atoms with Crippen LogP contribution in [-0.4, -0.2) is 34.5 Å². The zero-order valence-corrected chi connectivity index (χ0v) is 11.0. The van der Waals surface area contributed by atoms with Crippen molar-refractivity contribution in [2.45, 2.75) is 26.3 Å². The Morgan fingerprint density at radius 2 is 2.28 bits per heavy atom. The molecule has 0 aliphatic carbocycles. The summed E-state index contributed by atoms with van der Waals surface area (Å²) in [6, 6.07) is 3.55. The first-order valence-corrected chi connectivity index (χ1v) is 6.02. The number of urea groups is 1. The summed E-state index contributed by atoms with van der Waals surface area (Å²) in [7, 11) is 0. The molecule has 2 rings (SSSR count). The van der Waals surface area contributed by atoms with Gasteiger partial charge in [-0.05, 0) is 32.9 Å². The lowest BCUT2D eigenvalue weighted by Gasteiger charge is -2.27. The second kappa shape index (κ2) is 4.34. The Hall–Kier alpha value is -2.02. The van der Waals surface area contributed by atoms with Crippen molar-refractivity contribution in [1.29, 1.82) is 0 Å². The number of pyridine rings is 1. The largest absolute Gasteiger partial charge is 0.326 e. The first-order valence-electron chi connectivity index (χ1n) is 6.02. The summed E-state index contributed by atoms with van der Waals surface area (Å²) >= 11 is 0. The second-order valence-corrected chi connectivity index (χ2v) is 4.94. The number of carbonyl (C=O) groups excluding carboxylic acids is 1. The van der Waals surface area contributed by atoms with Crippen LogP contribution < -0.4 is 4.90 Å². The minimum absolute atomic E-state index is 0.0299. The summed E-state index contributed by atoms with van der Waals surface area (Å²) < 4.78 is 0. The predicted octanol–water partition coefficient (Wildman–Crippen LogP) is 2.10. The van der Waals surface area contributed by atoms with Crippen LogP contribution in [0, 0.1) is 12.3 Å². The molecular formula is C14H17N3O. The SMILES string of the molecule is C#Cc1cccnc1N1CC(C)(C)N(CC)C1=O. The van der Waals surface area contributed by atoms with Gasteiger partial charge in [-0.25, -0.2) is 9.78 Å². The second-order valence-electron chi connectivity index (χ2n) is 4.94. The summed E-state index contributed by atoms with van der Waals surface area (Å²) in [6.45, 7) is 7.36. The van der Waals surface area contributed by atoms with Gasteiger partial charge in [-0.3, -0.25) is 4.90 Å². The third-order valence-corrected chi connectivity index (χ3v) is 3.25. The maximum atomic E-state index is 12.4. The lowest BCUT2D eigenvalue weighted by molar-refractivity contribution is 0.182. The van der Waals surface area contributed by atoms with Crippen LogP contribution in [0.3, 0.4) is 0 Å². The summed E-state index contributed by atoms with van der Waals surface area (Å²) in [5, 5.41) is 0. The van der Waals surface area contributed by atoms with Gasteiger partial charge in [0.15, 0.2) is 5.82 Å². The number of hydrogen-bond donors (Lipinski definition) is 0. The summed E-state index contributed by atoms with van der Waals surface area (Å²) in [5.74, 6) is 3.16. The topological polar surface area (TPSA) is 36.4 Å². The fraction of sp³-hybridized carbons (Fsp3) is 0.429. The lowest BCUT2D eigenvalue weighted by atomic mass is 10.1. The first kappa shape index (κ1) is 12.4. The van der Waals surface area contributed by atoms with Crippen LogP contribution >= 0.6 is 0 Å². The van der Waals surface area contributed by atoms with Gasteiger partial charge < -0.3 is 4.90 Å². The highest BCUT2D eigenvalue weighted by atomic mass is 16.2. The molecule has 0 atom stereocenters. The standard InChI is InChI=1S/C14H17N3O/c1-5-11-8-7-9-15-12(11)16-10-14(3,4)17(6-2)13(16)18/h1,7-9H,6,10H2,2-4H3. The number of aromatic nitrogens is 1. The van der Waals surface area contributed by atoms with Crippen molar-refractivity contribution < 1.29 is 4.79 Å². The minimum Gasteiger partial charge on any atom is -0.318 e. The molecule has 0 bridgehead atoms. The summed E-state index contributed by atoms with van der Waals surface area (Å²) in [6.07, 6.45) is 7.11. The number of nitrogens with zero attached hydrogens (tertiary/aromatic N) is 3. The molecule has 0 aromatic carbocycles. The molecule has 0 unspecified atom stereocenters. The fourth-order valence-electron chi connectivity index (χ4n) is 2.40. The molecule has 4 nitrogen and oxygen atoms in total. The van der Waals surface area contributed by atoms with Crippen molar-refractivity contribution in [3.05, 3.63) is 23.9 Å². The van der Waals surface area contributed by atoms with Gasteiger partial charge in [0.05, 0.1) is 17.6 Å². The molecule has 18 heavy (non-hydrogen) atoms. The van der Waals surface area contributed by atoms with Gasteiger partial charge in [0, 0.05) is 12.7 Å². The Morgan fingerprint density at radius 3 is 2.83 bits per heavy atom. The van der Waals surface area contributed by atoms with E-state index in [-0.39, 0.29) is 11.6 Å². The molecular weight excluding hydrogens is 226 g/mol. The van der Waals surface area contributed by atoms with Crippen molar-refractivity contribution in [3.63, 3.8) is 0 Å². The van der Waals surface area contributed by atoms with Crippen molar-refractivity contribution in [3.8, 4) is 12.3 Å². The van der Waals surface area contributed by atoms with E-state index in [0.29, 0.717) is 24.5 Å². The number of hydrogen-bond acceptors (Lipinski definition) is 2. The van der Waals surface area contributed by atoms with Gasteiger partial charge in [0.25, 0.3) is 0 Å². The number of amides is 2. The van der Waals surface area contributed by atoms with Crippen LogP contribution in [0.4, 0.5) is 10.6 Å². The molecule has 0 N–H and O–H groups in total. The Labute approximate surface area is 108 Å². The lowest BCUT2D eigenvalue weighted by Crippen LogP contribution is -2.41. The molecule has 1 aliphatic heterocycles. The van der Waals surface area contributed by atoms with E-state index < -0.39 is 0 Å². The Kier molecular flexibility index (Phi) is 3.00. The van der Waals surface area contributed by atoms with Crippen molar-refractivity contribution in [2.75, 3.05) is 18.0 Å². The molecule has 94 valence electrons. The highest BCUT2D eigenvalue weighted by molar-refractivity contribution is 5.95. The van der Waals surface area contributed by atoms with Crippen LogP contribution in [0.15, 0.2) is 18.3 Å². The van der Waals surface area contributed by atoms with E-state index in [9.17, 15) is 4.79 Å². The third kappa shape index (κ3) is 1.82. The van der Waals surface area contributed by atoms with E-state index >= 15 is 0 Å². The van der Waals surface area contributed by atoms with Crippen LogP contribution in [-0.2, 0) is 0 Å². The molecule has 1 aromatic heterocycles. The van der Waals surface area contributed by atoms with E-state index in [2.05, 4.69) is 10.9 Å². The molecule has 0 saturated carbocycles. The molecule has 4 heteroatoms. The van der Waals surface area contributed by atoms with Crippen molar-refractivity contribution in [1.82, 2.24) is 9.88 Å². The van der Waals surface area contributed by atoms with Crippen molar-refractivity contribution in [2.24, 2.45) is 0 Å². The first-order chi connectivity index (χ1) is 8.51. The van der Waals surface area contributed by atoms with E-state index in [1.54, 1.807) is 23.2 Å². The Bertz CT molecular complexity index is 516. The zero-order valence-electron chi connectivity index (χ0n) is 11.0. The van der Waals surface area contributed by atoms with E-state index in [4.69, 9.17) is 6.42 Å². The van der Waals surface area contributed by atoms with Crippen LogP contribution in [0.1, 0.15) is 26.3 Å². The monoisotopic (exact) mass is 243 g/mol. The number of rotatable bonds is 2. The molecule has 1 aliphatic rings. The van der Waals surface area contributed by atoms with E-state index in [1.807, 2.05) is 25.7 Å². The average Bonchev–Trinajstić information content (AvgIpc) is 2.59. The van der Waals surface area contributed by atoms with Gasteiger partial charge in [-0.1, -0.05) is 5.92 Å². The summed E-state index contributed by atoms with van der Waals surface area (Å²) in [4.78, 5) is 20.1. The van der Waals surface area contributed by atoms with Gasteiger partial charge in [0.1, 0.15) is 0 Å². The smallest absolute Gasteiger partial charge is 0.318 e. The average molecular weight is 243 g/mol. The number of anilines is 1. The normalized spacial score (nSPS) is 18.0. The Balaban J connectivity index is 2.42. The number of carbonyl (C=O) groups is 1. The Morgan fingerprint density at radius 1 is 1.56 bits per heavy atom. The van der Waals surface area contributed by atoms with Gasteiger partial charge in [0.2, 0.25) is 0 Å². The molecule has 2 heterocycles. The van der Waals surface area contributed by atoms with Crippen LogP contribution in [0.2, 0.25) is 0 Å². The van der Waals surface area contributed by atoms with E-state index in [1.165, 1.54) is 0 Å².